The summed E-state index contributed by atoms with van der Waals surface area (Å²) in [6.07, 6.45) is 2.99. The molecule has 0 unspecified atom stereocenters. The summed E-state index contributed by atoms with van der Waals surface area (Å²) in [5, 5.41) is 2.78. The average molecular weight is 359 g/mol. The van der Waals surface area contributed by atoms with E-state index in [0.29, 0.717) is 11.5 Å². The largest absolute Gasteiger partial charge is 0.351 e. The maximum atomic E-state index is 13.1. The van der Waals surface area contributed by atoms with Crippen molar-refractivity contribution in [3.05, 3.63) is 68.8 Å². The molecule has 2 heterocycles. The van der Waals surface area contributed by atoms with E-state index < -0.39 is 11.3 Å². The molecule has 5 nitrogen and oxygen atoms in total. The smallest absolute Gasteiger partial charge is 0.271 e. The number of carbonyl (C=O) groups excluding carboxylic acids is 1. The molecule has 0 atom stereocenters. The third-order valence-corrected chi connectivity index (χ3v) is 5.00. The van der Waals surface area contributed by atoms with E-state index in [4.69, 9.17) is 0 Å². The minimum atomic E-state index is -0.467. The zero-order chi connectivity index (χ0) is 18.2. The molecule has 25 heavy (non-hydrogen) atoms. The number of benzene rings is 1. The molecule has 3 rings (SSSR count). The van der Waals surface area contributed by atoms with Crippen LogP contribution in [0.2, 0.25) is 0 Å². The molecule has 0 spiro atoms. The number of amides is 1. The predicted octanol–water partition coefficient (Wildman–Crippen LogP) is 2.91. The van der Waals surface area contributed by atoms with Crippen LogP contribution in [0.4, 0.5) is 4.39 Å². The van der Waals surface area contributed by atoms with Crippen LogP contribution in [0.15, 0.2) is 41.5 Å². The highest BCUT2D eigenvalue weighted by Gasteiger charge is 2.23. The van der Waals surface area contributed by atoms with E-state index in [9.17, 15) is 14.0 Å². The lowest BCUT2D eigenvalue weighted by Crippen LogP contribution is -2.39. The SMILES string of the molecule is Cc1cn2c(=O)c(C(=O)NCC(C)(C)c3ccc(F)cc3)cnc2s1. The number of halogens is 1. The van der Waals surface area contributed by atoms with Gasteiger partial charge in [0.2, 0.25) is 0 Å². The minimum Gasteiger partial charge on any atom is -0.351 e. The second-order valence-electron chi connectivity index (χ2n) is 6.54. The van der Waals surface area contributed by atoms with E-state index in [-0.39, 0.29) is 16.9 Å². The van der Waals surface area contributed by atoms with Gasteiger partial charge in [0.25, 0.3) is 11.5 Å². The summed E-state index contributed by atoms with van der Waals surface area (Å²) in [7, 11) is 0. The van der Waals surface area contributed by atoms with Crippen molar-refractivity contribution in [2.24, 2.45) is 0 Å². The van der Waals surface area contributed by atoms with Gasteiger partial charge >= 0.3 is 0 Å². The number of carbonyl (C=O) groups is 1. The van der Waals surface area contributed by atoms with Gasteiger partial charge in [0.15, 0.2) is 4.96 Å². The van der Waals surface area contributed by atoms with Crippen molar-refractivity contribution < 1.29 is 9.18 Å². The molecule has 0 saturated heterocycles. The van der Waals surface area contributed by atoms with Gasteiger partial charge in [0.05, 0.1) is 0 Å². The fourth-order valence-electron chi connectivity index (χ4n) is 2.55. The molecule has 0 fully saturated rings. The quantitative estimate of drug-likeness (QED) is 0.779. The van der Waals surface area contributed by atoms with Crippen molar-refractivity contribution in [2.45, 2.75) is 26.2 Å². The van der Waals surface area contributed by atoms with E-state index in [2.05, 4.69) is 10.3 Å². The Morgan fingerprint density at radius 2 is 2.00 bits per heavy atom. The number of aryl methyl sites for hydroxylation is 1. The highest BCUT2D eigenvalue weighted by molar-refractivity contribution is 7.16. The molecule has 1 amide bonds. The van der Waals surface area contributed by atoms with Gasteiger partial charge in [-0.25, -0.2) is 9.37 Å². The predicted molar refractivity (Wildman–Crippen MR) is 95.8 cm³/mol. The Hall–Kier alpha value is -2.54. The Bertz CT molecular complexity index is 990. The zero-order valence-electron chi connectivity index (χ0n) is 14.2. The number of thiazole rings is 1. The molecule has 2 aromatic heterocycles. The van der Waals surface area contributed by atoms with E-state index in [1.54, 1.807) is 18.3 Å². The highest BCUT2D eigenvalue weighted by atomic mass is 32.1. The molecule has 1 aromatic carbocycles. The molecular formula is C18H18FN3O2S. The number of aromatic nitrogens is 2. The molecular weight excluding hydrogens is 341 g/mol. The van der Waals surface area contributed by atoms with Crippen LogP contribution < -0.4 is 10.9 Å². The van der Waals surface area contributed by atoms with Crippen LogP contribution in [-0.2, 0) is 5.41 Å². The lowest BCUT2D eigenvalue weighted by molar-refractivity contribution is 0.0943. The summed E-state index contributed by atoms with van der Waals surface area (Å²) in [6, 6.07) is 6.17. The molecule has 1 N–H and O–H groups in total. The third kappa shape index (κ3) is 3.46. The fraction of sp³-hybridized carbons (Fsp3) is 0.278. The van der Waals surface area contributed by atoms with Crippen molar-refractivity contribution >= 4 is 22.2 Å². The van der Waals surface area contributed by atoms with Crippen molar-refractivity contribution in [3.63, 3.8) is 0 Å². The van der Waals surface area contributed by atoms with Gasteiger partial charge in [-0.15, -0.1) is 11.3 Å². The van der Waals surface area contributed by atoms with Gasteiger partial charge in [-0.1, -0.05) is 26.0 Å². The Kier molecular flexibility index (Phi) is 4.43. The van der Waals surface area contributed by atoms with Crippen LogP contribution in [0.1, 0.15) is 34.6 Å². The molecule has 130 valence electrons. The van der Waals surface area contributed by atoms with Crippen molar-refractivity contribution in [2.75, 3.05) is 6.54 Å². The van der Waals surface area contributed by atoms with E-state index in [0.717, 1.165) is 10.4 Å². The highest BCUT2D eigenvalue weighted by Crippen LogP contribution is 2.22. The Morgan fingerprint density at radius 3 is 2.68 bits per heavy atom. The summed E-state index contributed by atoms with van der Waals surface area (Å²) >= 11 is 1.39. The summed E-state index contributed by atoms with van der Waals surface area (Å²) < 4.78 is 14.5. The van der Waals surface area contributed by atoms with Gasteiger partial charge in [-0.2, -0.15) is 0 Å². The molecule has 7 heteroatoms. The zero-order valence-corrected chi connectivity index (χ0v) is 15.0. The van der Waals surface area contributed by atoms with Crippen LogP contribution in [0.5, 0.6) is 0 Å². The summed E-state index contributed by atoms with van der Waals surface area (Å²) in [5.41, 5.74) is 0.111. The van der Waals surface area contributed by atoms with E-state index >= 15 is 0 Å². The first-order valence-electron chi connectivity index (χ1n) is 7.80. The number of hydrogen-bond donors (Lipinski definition) is 1. The van der Waals surface area contributed by atoms with Crippen LogP contribution in [-0.4, -0.2) is 21.8 Å². The van der Waals surface area contributed by atoms with Gasteiger partial charge < -0.3 is 5.32 Å². The number of hydrogen-bond acceptors (Lipinski definition) is 4. The molecule has 3 aromatic rings. The normalized spacial score (nSPS) is 11.7. The summed E-state index contributed by atoms with van der Waals surface area (Å²) in [6.45, 7) is 6.07. The van der Waals surface area contributed by atoms with Crippen LogP contribution in [0, 0.1) is 12.7 Å². The van der Waals surface area contributed by atoms with Crippen LogP contribution in [0.25, 0.3) is 4.96 Å². The maximum Gasteiger partial charge on any atom is 0.271 e. The Balaban J connectivity index is 1.79. The van der Waals surface area contributed by atoms with Crippen molar-refractivity contribution in [1.82, 2.24) is 14.7 Å². The Morgan fingerprint density at radius 1 is 1.32 bits per heavy atom. The summed E-state index contributed by atoms with van der Waals surface area (Å²) in [4.78, 5) is 30.5. The second-order valence-corrected chi connectivity index (χ2v) is 7.76. The standard InChI is InChI=1S/C18H18FN3O2S/c1-11-9-22-16(24)14(8-20-17(22)25-11)15(23)21-10-18(2,3)12-4-6-13(19)7-5-12/h4-9H,10H2,1-3H3,(H,21,23). The lowest BCUT2D eigenvalue weighted by Gasteiger charge is -2.25. The van der Waals surface area contributed by atoms with Gasteiger partial charge in [-0.3, -0.25) is 14.0 Å². The Labute approximate surface area is 148 Å². The fourth-order valence-corrected chi connectivity index (χ4v) is 3.34. The van der Waals surface area contributed by atoms with Crippen LogP contribution >= 0.6 is 11.3 Å². The molecule has 0 aliphatic rings. The van der Waals surface area contributed by atoms with Crippen molar-refractivity contribution in [1.29, 1.82) is 0 Å². The van der Waals surface area contributed by atoms with Crippen molar-refractivity contribution in [3.8, 4) is 0 Å². The van der Waals surface area contributed by atoms with Crippen LogP contribution in [0.3, 0.4) is 0 Å². The average Bonchev–Trinajstić information content (AvgIpc) is 2.95. The number of nitrogens with zero attached hydrogens (tertiary/aromatic N) is 2. The number of fused-ring (bicyclic) bond motifs is 1. The monoisotopic (exact) mass is 359 g/mol. The minimum absolute atomic E-state index is 0.00482. The first kappa shape index (κ1) is 17.3. The first-order chi connectivity index (χ1) is 11.8. The molecule has 0 radical (unpaired) electrons. The van der Waals surface area contributed by atoms with Gasteiger partial charge in [0, 0.05) is 29.2 Å². The number of nitrogens with one attached hydrogen (secondary N) is 1. The van der Waals surface area contributed by atoms with Gasteiger partial charge in [-0.05, 0) is 24.6 Å². The van der Waals surface area contributed by atoms with E-state index in [1.807, 2.05) is 20.8 Å². The molecule has 0 bridgehead atoms. The number of rotatable bonds is 4. The van der Waals surface area contributed by atoms with E-state index in [1.165, 1.54) is 34.1 Å². The second kappa shape index (κ2) is 6.40. The maximum absolute atomic E-state index is 13.1. The first-order valence-corrected chi connectivity index (χ1v) is 8.62. The lowest BCUT2D eigenvalue weighted by atomic mass is 9.84. The third-order valence-electron chi connectivity index (χ3n) is 4.08. The van der Waals surface area contributed by atoms with Gasteiger partial charge in [0.1, 0.15) is 11.4 Å². The topological polar surface area (TPSA) is 63.5 Å². The summed E-state index contributed by atoms with van der Waals surface area (Å²) in [5.74, 6) is -0.770. The molecule has 0 aliphatic carbocycles. The molecule has 0 saturated carbocycles. The molecule has 0 aliphatic heterocycles.